The van der Waals surface area contributed by atoms with Crippen LogP contribution in [0.4, 0.5) is 10.1 Å². The second-order valence-electron chi connectivity index (χ2n) is 4.37. The molecule has 2 N–H and O–H groups in total. The number of halogens is 2. The molecule has 100 valence electrons. The van der Waals surface area contributed by atoms with Gasteiger partial charge in [-0.05, 0) is 30.3 Å². The van der Waals surface area contributed by atoms with E-state index in [-0.39, 0.29) is 11.3 Å². The first kappa shape index (κ1) is 12.7. The van der Waals surface area contributed by atoms with E-state index in [0.29, 0.717) is 21.7 Å². The fourth-order valence-corrected chi connectivity index (χ4v) is 2.27. The van der Waals surface area contributed by atoms with Gasteiger partial charge in [0.05, 0.1) is 0 Å². The van der Waals surface area contributed by atoms with Gasteiger partial charge in [0.25, 0.3) is 0 Å². The van der Waals surface area contributed by atoms with Gasteiger partial charge >= 0.3 is 0 Å². The molecule has 1 aromatic heterocycles. The average molecular weight is 290 g/mol. The van der Waals surface area contributed by atoms with Crippen molar-refractivity contribution in [2.24, 2.45) is 0 Å². The Hall–Kier alpha value is -2.33. The van der Waals surface area contributed by atoms with Crippen molar-refractivity contribution in [1.82, 2.24) is 0 Å². The minimum absolute atomic E-state index is 0.0479. The van der Waals surface area contributed by atoms with E-state index < -0.39 is 11.6 Å². The van der Waals surface area contributed by atoms with E-state index in [1.165, 1.54) is 30.3 Å². The second kappa shape index (κ2) is 4.65. The summed E-state index contributed by atoms with van der Waals surface area (Å²) in [6, 6.07) is 10.5. The quantitative estimate of drug-likeness (QED) is 0.572. The summed E-state index contributed by atoms with van der Waals surface area (Å²) < 4.78 is 18.8. The standard InChI is InChI=1S/C15H9ClFNO2/c16-10-4-9(5-11(18)7-10)14(19)13-6-8-2-1-3-12(17)15(8)20-13/h1-7H,18H2. The highest BCUT2D eigenvalue weighted by Crippen LogP contribution is 2.25. The Morgan fingerprint density at radius 2 is 2.00 bits per heavy atom. The van der Waals surface area contributed by atoms with Gasteiger partial charge < -0.3 is 10.2 Å². The number of rotatable bonds is 2. The molecule has 0 atom stereocenters. The molecule has 0 aliphatic rings. The third kappa shape index (κ3) is 2.14. The van der Waals surface area contributed by atoms with Crippen LogP contribution in [0.25, 0.3) is 11.0 Å². The fraction of sp³-hybridized carbons (Fsp3) is 0. The molecule has 0 amide bonds. The van der Waals surface area contributed by atoms with Gasteiger partial charge in [-0.15, -0.1) is 0 Å². The molecular weight excluding hydrogens is 281 g/mol. The predicted octanol–water partition coefficient (Wildman–Crippen LogP) is 4.04. The molecule has 20 heavy (non-hydrogen) atoms. The number of nitrogen functional groups attached to an aromatic ring is 1. The summed E-state index contributed by atoms with van der Waals surface area (Å²) in [5.41, 5.74) is 6.39. The molecular formula is C15H9ClFNO2. The van der Waals surface area contributed by atoms with Crippen molar-refractivity contribution in [3.8, 4) is 0 Å². The topological polar surface area (TPSA) is 56.2 Å². The van der Waals surface area contributed by atoms with E-state index in [4.69, 9.17) is 21.8 Å². The maximum atomic E-state index is 13.5. The van der Waals surface area contributed by atoms with Gasteiger partial charge in [0.15, 0.2) is 17.2 Å². The van der Waals surface area contributed by atoms with Gasteiger partial charge in [0.2, 0.25) is 5.78 Å². The van der Waals surface area contributed by atoms with Crippen LogP contribution in [0.2, 0.25) is 5.02 Å². The maximum Gasteiger partial charge on any atom is 0.228 e. The van der Waals surface area contributed by atoms with Gasteiger partial charge in [-0.25, -0.2) is 4.39 Å². The zero-order chi connectivity index (χ0) is 14.3. The number of carbonyl (C=O) groups is 1. The summed E-state index contributed by atoms with van der Waals surface area (Å²) in [5, 5.41) is 0.888. The molecule has 0 unspecified atom stereocenters. The highest BCUT2D eigenvalue weighted by Gasteiger charge is 2.17. The molecule has 0 aliphatic carbocycles. The van der Waals surface area contributed by atoms with E-state index in [2.05, 4.69) is 0 Å². The Morgan fingerprint density at radius 1 is 1.20 bits per heavy atom. The third-order valence-electron chi connectivity index (χ3n) is 2.90. The van der Waals surface area contributed by atoms with Crippen LogP contribution in [-0.2, 0) is 0 Å². The number of hydrogen-bond donors (Lipinski definition) is 1. The van der Waals surface area contributed by atoms with Crippen LogP contribution < -0.4 is 5.73 Å². The molecule has 1 heterocycles. The Bertz CT molecular complexity index is 806. The largest absolute Gasteiger partial charge is 0.449 e. The lowest BCUT2D eigenvalue weighted by Crippen LogP contribution is -2.00. The number of carbonyl (C=O) groups excluding carboxylic acids is 1. The summed E-state index contributed by atoms with van der Waals surface area (Å²) in [7, 11) is 0. The van der Waals surface area contributed by atoms with Crippen LogP contribution >= 0.6 is 11.6 Å². The highest BCUT2D eigenvalue weighted by molar-refractivity contribution is 6.31. The zero-order valence-corrected chi connectivity index (χ0v) is 10.9. The van der Waals surface area contributed by atoms with E-state index in [9.17, 15) is 9.18 Å². The first-order valence-corrected chi connectivity index (χ1v) is 6.21. The molecule has 0 spiro atoms. The summed E-state index contributed by atoms with van der Waals surface area (Å²) in [4.78, 5) is 12.3. The zero-order valence-electron chi connectivity index (χ0n) is 10.2. The summed E-state index contributed by atoms with van der Waals surface area (Å²) >= 11 is 5.86. The van der Waals surface area contributed by atoms with Crippen molar-refractivity contribution < 1.29 is 13.6 Å². The number of nitrogens with two attached hydrogens (primary N) is 1. The number of anilines is 1. The monoisotopic (exact) mass is 289 g/mol. The number of fused-ring (bicyclic) bond motifs is 1. The molecule has 0 saturated carbocycles. The molecule has 0 fully saturated rings. The third-order valence-corrected chi connectivity index (χ3v) is 3.12. The summed E-state index contributed by atoms with van der Waals surface area (Å²) in [5.74, 6) is -0.853. The fourth-order valence-electron chi connectivity index (χ4n) is 2.03. The normalized spacial score (nSPS) is 10.9. The van der Waals surface area contributed by atoms with Crippen LogP contribution in [0.15, 0.2) is 46.9 Å². The molecule has 5 heteroatoms. The van der Waals surface area contributed by atoms with Crippen molar-refractivity contribution in [2.45, 2.75) is 0 Å². The van der Waals surface area contributed by atoms with Crippen LogP contribution in [0.3, 0.4) is 0 Å². The molecule has 0 saturated heterocycles. The molecule has 3 rings (SSSR count). The van der Waals surface area contributed by atoms with E-state index in [1.54, 1.807) is 12.1 Å². The molecule has 3 nitrogen and oxygen atoms in total. The Morgan fingerprint density at radius 3 is 2.70 bits per heavy atom. The van der Waals surface area contributed by atoms with E-state index >= 15 is 0 Å². The smallest absolute Gasteiger partial charge is 0.228 e. The van der Waals surface area contributed by atoms with Crippen LogP contribution in [0.5, 0.6) is 0 Å². The minimum Gasteiger partial charge on any atom is -0.449 e. The predicted molar refractivity (Wildman–Crippen MR) is 75.5 cm³/mol. The molecule has 2 aromatic carbocycles. The van der Waals surface area contributed by atoms with Crippen molar-refractivity contribution in [3.05, 3.63) is 64.6 Å². The van der Waals surface area contributed by atoms with Crippen LogP contribution in [0.1, 0.15) is 16.1 Å². The summed E-state index contributed by atoms with van der Waals surface area (Å²) in [6.45, 7) is 0. The van der Waals surface area contributed by atoms with Gasteiger partial charge in [0, 0.05) is 21.7 Å². The van der Waals surface area contributed by atoms with E-state index in [1.807, 2.05) is 0 Å². The first-order valence-electron chi connectivity index (χ1n) is 5.83. The first-order chi connectivity index (χ1) is 9.54. The maximum absolute atomic E-state index is 13.5. The van der Waals surface area contributed by atoms with Crippen molar-refractivity contribution in [3.63, 3.8) is 0 Å². The van der Waals surface area contributed by atoms with E-state index in [0.717, 1.165) is 0 Å². The number of ketones is 1. The molecule has 3 aromatic rings. The van der Waals surface area contributed by atoms with Gasteiger partial charge in [-0.3, -0.25) is 4.79 Å². The van der Waals surface area contributed by atoms with Crippen molar-refractivity contribution in [2.75, 3.05) is 5.73 Å². The van der Waals surface area contributed by atoms with Crippen LogP contribution in [-0.4, -0.2) is 5.78 Å². The summed E-state index contributed by atoms with van der Waals surface area (Å²) in [6.07, 6.45) is 0. The Balaban J connectivity index is 2.10. The Kier molecular flexibility index (Phi) is 2.95. The molecule has 0 bridgehead atoms. The van der Waals surface area contributed by atoms with Crippen molar-refractivity contribution in [1.29, 1.82) is 0 Å². The van der Waals surface area contributed by atoms with Gasteiger partial charge in [-0.1, -0.05) is 23.7 Å². The second-order valence-corrected chi connectivity index (χ2v) is 4.81. The van der Waals surface area contributed by atoms with Gasteiger partial charge in [0.1, 0.15) is 0 Å². The molecule has 0 radical (unpaired) electrons. The lowest BCUT2D eigenvalue weighted by atomic mass is 10.1. The number of benzene rings is 2. The lowest BCUT2D eigenvalue weighted by molar-refractivity contribution is 0.101. The van der Waals surface area contributed by atoms with Crippen molar-refractivity contribution >= 4 is 34.0 Å². The Labute approximate surface area is 118 Å². The number of hydrogen-bond acceptors (Lipinski definition) is 3. The highest BCUT2D eigenvalue weighted by atomic mass is 35.5. The van der Waals surface area contributed by atoms with Crippen LogP contribution in [0, 0.1) is 5.82 Å². The average Bonchev–Trinajstić information content (AvgIpc) is 2.82. The number of para-hydroxylation sites is 1. The number of furan rings is 1. The molecule has 0 aliphatic heterocycles. The lowest BCUT2D eigenvalue weighted by Gasteiger charge is -2.00. The SMILES string of the molecule is Nc1cc(Cl)cc(C(=O)c2cc3cccc(F)c3o2)c1. The van der Waals surface area contributed by atoms with Gasteiger partial charge in [-0.2, -0.15) is 0 Å². The minimum atomic E-state index is -0.507.